The smallest absolute Gasteiger partial charge is 0.0484 e. The van der Waals surface area contributed by atoms with E-state index in [4.69, 9.17) is 0 Å². The van der Waals surface area contributed by atoms with Crippen LogP contribution in [-0.4, -0.2) is 23.4 Å². The van der Waals surface area contributed by atoms with E-state index in [-0.39, 0.29) is 19.1 Å². The summed E-state index contributed by atoms with van der Waals surface area (Å²) in [7, 11) is 0. The summed E-state index contributed by atoms with van der Waals surface area (Å²) in [6, 6.07) is 0. The Bertz CT molecular complexity index is 185. The lowest BCUT2D eigenvalue weighted by atomic mass is 9.70. The first-order valence-corrected chi connectivity index (χ1v) is 5.57. The van der Waals surface area contributed by atoms with Crippen molar-refractivity contribution in [3.05, 3.63) is 12.2 Å². The molecule has 2 atom stereocenters. The molecule has 0 bridgehead atoms. The number of aliphatic hydroxyl groups excluding tert-OH is 2. The first-order valence-electron chi connectivity index (χ1n) is 5.57. The Morgan fingerprint density at radius 3 is 2.36 bits per heavy atom. The maximum absolute atomic E-state index is 9.19. The molecule has 0 spiro atoms. The molecule has 0 aromatic heterocycles. The minimum Gasteiger partial charge on any atom is -0.396 e. The van der Waals surface area contributed by atoms with Crippen molar-refractivity contribution >= 4 is 0 Å². The molecule has 0 radical (unpaired) electrons. The van der Waals surface area contributed by atoms with Crippen molar-refractivity contribution in [2.45, 2.75) is 32.6 Å². The topological polar surface area (TPSA) is 40.5 Å². The summed E-state index contributed by atoms with van der Waals surface area (Å²) in [5, 5.41) is 18.4. The van der Waals surface area contributed by atoms with Crippen molar-refractivity contribution in [1.82, 2.24) is 0 Å². The molecule has 1 aliphatic rings. The van der Waals surface area contributed by atoms with Gasteiger partial charge in [-0.05, 0) is 31.6 Å². The quantitative estimate of drug-likeness (QED) is 0.678. The summed E-state index contributed by atoms with van der Waals surface area (Å²) < 4.78 is 0. The van der Waals surface area contributed by atoms with Crippen LogP contribution in [0.5, 0.6) is 0 Å². The Balaban J connectivity index is 2.65. The second-order valence-electron chi connectivity index (χ2n) is 4.53. The molecule has 0 heterocycles. The third-order valence-electron chi connectivity index (χ3n) is 3.53. The molecule has 82 valence electrons. The standard InChI is InChI=1S/C12H22O2/c1-9(2)11-5-3-4-6-12(11)10(7-13)8-14/h10-14H,1,3-8H2,2H3/t11-,12-/m0/s1. The summed E-state index contributed by atoms with van der Waals surface area (Å²) in [5.41, 5.74) is 1.21. The SMILES string of the molecule is C=C(C)[C@@H]1CCCC[C@H]1C(CO)CO. The van der Waals surface area contributed by atoms with Gasteiger partial charge in [-0.3, -0.25) is 0 Å². The molecule has 2 nitrogen and oxygen atoms in total. The van der Waals surface area contributed by atoms with Gasteiger partial charge in [0.05, 0.1) is 0 Å². The number of rotatable bonds is 4. The average Bonchev–Trinajstić information content (AvgIpc) is 2.20. The Labute approximate surface area is 86.6 Å². The Kier molecular flexibility index (Phi) is 4.63. The van der Waals surface area contributed by atoms with Gasteiger partial charge in [-0.1, -0.05) is 25.0 Å². The third-order valence-corrected chi connectivity index (χ3v) is 3.53. The normalized spacial score (nSPS) is 28.0. The predicted molar refractivity (Wildman–Crippen MR) is 57.9 cm³/mol. The van der Waals surface area contributed by atoms with Crippen LogP contribution in [0.3, 0.4) is 0 Å². The number of aliphatic hydroxyl groups is 2. The van der Waals surface area contributed by atoms with Crippen LogP contribution in [0.2, 0.25) is 0 Å². The van der Waals surface area contributed by atoms with Crippen molar-refractivity contribution in [2.24, 2.45) is 17.8 Å². The van der Waals surface area contributed by atoms with Gasteiger partial charge in [-0.25, -0.2) is 0 Å². The zero-order valence-electron chi connectivity index (χ0n) is 9.08. The van der Waals surface area contributed by atoms with Crippen LogP contribution in [0.15, 0.2) is 12.2 Å². The van der Waals surface area contributed by atoms with Gasteiger partial charge in [0.15, 0.2) is 0 Å². The maximum atomic E-state index is 9.19. The average molecular weight is 198 g/mol. The van der Waals surface area contributed by atoms with Gasteiger partial charge in [0.2, 0.25) is 0 Å². The van der Waals surface area contributed by atoms with E-state index in [0.717, 1.165) is 6.42 Å². The summed E-state index contributed by atoms with van der Waals surface area (Å²) >= 11 is 0. The molecule has 1 fully saturated rings. The van der Waals surface area contributed by atoms with Gasteiger partial charge in [-0.15, -0.1) is 0 Å². The maximum Gasteiger partial charge on any atom is 0.0484 e. The van der Waals surface area contributed by atoms with E-state index >= 15 is 0 Å². The van der Waals surface area contributed by atoms with Crippen LogP contribution in [-0.2, 0) is 0 Å². The summed E-state index contributed by atoms with van der Waals surface area (Å²) in [4.78, 5) is 0. The molecule has 0 aliphatic heterocycles. The van der Waals surface area contributed by atoms with Crippen LogP contribution in [0.1, 0.15) is 32.6 Å². The molecule has 2 N–H and O–H groups in total. The lowest BCUT2D eigenvalue weighted by molar-refractivity contribution is 0.0673. The molecule has 0 saturated heterocycles. The lowest BCUT2D eigenvalue weighted by Crippen LogP contribution is -2.31. The van der Waals surface area contributed by atoms with Crippen LogP contribution >= 0.6 is 0 Å². The highest BCUT2D eigenvalue weighted by Gasteiger charge is 2.31. The molecule has 0 aromatic rings. The van der Waals surface area contributed by atoms with Gasteiger partial charge < -0.3 is 10.2 Å². The van der Waals surface area contributed by atoms with E-state index in [9.17, 15) is 10.2 Å². The van der Waals surface area contributed by atoms with Crippen molar-refractivity contribution < 1.29 is 10.2 Å². The first-order chi connectivity index (χ1) is 6.70. The fourth-order valence-electron chi connectivity index (χ4n) is 2.66. The van der Waals surface area contributed by atoms with E-state index in [1.165, 1.54) is 24.8 Å². The Hall–Kier alpha value is -0.340. The van der Waals surface area contributed by atoms with Crippen molar-refractivity contribution in [3.63, 3.8) is 0 Å². The number of hydrogen-bond donors (Lipinski definition) is 2. The largest absolute Gasteiger partial charge is 0.396 e. The first kappa shape index (κ1) is 11.7. The minimum atomic E-state index is 0.0528. The molecule has 1 aliphatic carbocycles. The highest BCUT2D eigenvalue weighted by Crippen LogP contribution is 2.38. The third kappa shape index (κ3) is 2.58. The lowest BCUT2D eigenvalue weighted by Gasteiger charge is -2.36. The van der Waals surface area contributed by atoms with Crippen LogP contribution < -0.4 is 0 Å². The second-order valence-corrected chi connectivity index (χ2v) is 4.53. The van der Waals surface area contributed by atoms with E-state index in [1.54, 1.807) is 0 Å². The Morgan fingerprint density at radius 1 is 1.29 bits per heavy atom. The summed E-state index contributed by atoms with van der Waals surface area (Å²) in [6.45, 7) is 6.29. The van der Waals surface area contributed by atoms with Crippen LogP contribution in [0.25, 0.3) is 0 Å². The van der Waals surface area contributed by atoms with Crippen LogP contribution in [0, 0.1) is 17.8 Å². The molecule has 2 heteroatoms. The molecular weight excluding hydrogens is 176 g/mol. The van der Waals surface area contributed by atoms with Gasteiger partial charge in [-0.2, -0.15) is 0 Å². The number of hydrogen-bond acceptors (Lipinski definition) is 2. The molecule has 1 saturated carbocycles. The second kappa shape index (κ2) is 5.52. The molecule has 1 rings (SSSR count). The van der Waals surface area contributed by atoms with Gasteiger partial charge >= 0.3 is 0 Å². The zero-order valence-corrected chi connectivity index (χ0v) is 9.08. The minimum absolute atomic E-state index is 0.0528. The Morgan fingerprint density at radius 2 is 1.86 bits per heavy atom. The summed E-state index contributed by atoms with van der Waals surface area (Å²) in [5.74, 6) is 1.00. The van der Waals surface area contributed by atoms with Gasteiger partial charge in [0.1, 0.15) is 0 Å². The fraction of sp³-hybridized carbons (Fsp3) is 0.833. The van der Waals surface area contributed by atoms with Crippen LogP contribution in [0.4, 0.5) is 0 Å². The molecule has 14 heavy (non-hydrogen) atoms. The van der Waals surface area contributed by atoms with Crippen molar-refractivity contribution in [3.8, 4) is 0 Å². The molecular formula is C12H22O2. The van der Waals surface area contributed by atoms with E-state index in [1.807, 2.05) is 0 Å². The van der Waals surface area contributed by atoms with E-state index < -0.39 is 0 Å². The zero-order chi connectivity index (χ0) is 10.6. The number of allylic oxidation sites excluding steroid dienone is 1. The monoisotopic (exact) mass is 198 g/mol. The van der Waals surface area contributed by atoms with E-state index in [0.29, 0.717) is 11.8 Å². The van der Waals surface area contributed by atoms with Crippen molar-refractivity contribution in [1.29, 1.82) is 0 Å². The molecule has 0 amide bonds. The predicted octanol–water partition coefficient (Wildman–Crippen LogP) is 1.97. The highest BCUT2D eigenvalue weighted by atomic mass is 16.3. The summed E-state index contributed by atoms with van der Waals surface area (Å²) in [6.07, 6.45) is 4.79. The molecule has 0 aromatic carbocycles. The van der Waals surface area contributed by atoms with E-state index in [2.05, 4.69) is 13.5 Å². The van der Waals surface area contributed by atoms with Gasteiger partial charge in [0.25, 0.3) is 0 Å². The van der Waals surface area contributed by atoms with Gasteiger partial charge in [0, 0.05) is 19.1 Å². The molecule has 0 unspecified atom stereocenters. The van der Waals surface area contributed by atoms with Crippen molar-refractivity contribution in [2.75, 3.05) is 13.2 Å². The fourth-order valence-corrected chi connectivity index (χ4v) is 2.66. The highest BCUT2D eigenvalue weighted by molar-refractivity contribution is 5.01.